The normalized spacial score (nSPS) is 7.00. The Morgan fingerprint density at radius 2 is 2.17 bits per heavy atom. The lowest BCUT2D eigenvalue weighted by Gasteiger charge is -1.47. The first kappa shape index (κ1) is 4.65. The highest BCUT2D eigenvalue weighted by Gasteiger charge is 1.54. The third kappa shape index (κ3) is 2.65. The van der Waals surface area contributed by atoms with Crippen LogP contribution in [0.25, 0.3) is 0 Å². The molecule has 28 valence electrons. The van der Waals surface area contributed by atoms with Gasteiger partial charge in [0.2, 0.25) is 6.19 Å². The topological polar surface area (TPSA) is 59.9 Å². The van der Waals surface area contributed by atoms with Crippen molar-refractivity contribution >= 4 is 6.21 Å². The molecule has 6 heavy (non-hydrogen) atoms. The third-order valence-corrected chi connectivity index (χ3v) is 0.180. The van der Waals surface area contributed by atoms with Gasteiger partial charge >= 0.3 is 0 Å². The molecule has 3 heteroatoms. The van der Waals surface area contributed by atoms with Gasteiger partial charge in [0.1, 0.15) is 12.3 Å². The van der Waals surface area contributed by atoms with E-state index in [4.69, 9.17) is 10.5 Å². The van der Waals surface area contributed by atoms with Crippen LogP contribution in [0, 0.1) is 22.8 Å². The Bertz CT molecular complexity index is 106. The Hall–Kier alpha value is -1.35. The number of aliphatic imine (C=N–C) groups is 1. The van der Waals surface area contributed by atoms with Crippen molar-refractivity contribution in [2.24, 2.45) is 4.99 Å². The minimum Gasteiger partial charge on any atom is -0.191 e. The molecule has 0 amide bonds. The summed E-state index contributed by atoms with van der Waals surface area (Å²) in [5, 5.41) is 15.2. The SMILES string of the molecule is N#CC=NC#N. The maximum atomic E-state index is 7.65. The molecule has 0 spiro atoms. The number of nitrogens with zero attached hydrogens (tertiary/aromatic N) is 3. The molecule has 0 atom stereocenters. The molecule has 0 aromatic rings. The van der Waals surface area contributed by atoms with E-state index in [0.717, 1.165) is 6.21 Å². The summed E-state index contributed by atoms with van der Waals surface area (Å²) in [6.07, 6.45) is 2.29. The summed E-state index contributed by atoms with van der Waals surface area (Å²) in [6, 6.07) is 1.55. The zero-order valence-electron chi connectivity index (χ0n) is 2.92. The van der Waals surface area contributed by atoms with E-state index in [0.29, 0.717) is 0 Å². The second-order valence-corrected chi connectivity index (χ2v) is 0.487. The van der Waals surface area contributed by atoms with E-state index in [9.17, 15) is 0 Å². The summed E-state index contributed by atoms with van der Waals surface area (Å²) in [5.41, 5.74) is 0. The Balaban J connectivity index is 3.36. The summed E-state index contributed by atoms with van der Waals surface area (Å²) in [7, 11) is 0. The van der Waals surface area contributed by atoms with Crippen molar-refractivity contribution in [2.45, 2.75) is 0 Å². The van der Waals surface area contributed by atoms with Crippen LogP contribution in [0.3, 0.4) is 0 Å². The van der Waals surface area contributed by atoms with Gasteiger partial charge in [0, 0.05) is 0 Å². The number of rotatable bonds is 0. The number of hydrogen-bond donors (Lipinski definition) is 0. The highest BCUT2D eigenvalue weighted by atomic mass is 14.7. The predicted molar refractivity (Wildman–Crippen MR) is 19.7 cm³/mol. The molecule has 0 bridgehead atoms. The Labute approximate surface area is 35.1 Å². The van der Waals surface area contributed by atoms with Crippen LogP contribution < -0.4 is 0 Å². The number of hydrogen-bond acceptors (Lipinski definition) is 3. The van der Waals surface area contributed by atoms with Crippen LogP contribution >= 0.6 is 0 Å². The molecular formula is C3HN3. The van der Waals surface area contributed by atoms with Gasteiger partial charge in [-0.1, -0.05) is 0 Å². The number of nitriles is 2. The Morgan fingerprint density at radius 3 is 2.33 bits per heavy atom. The highest BCUT2D eigenvalue weighted by Crippen LogP contribution is 1.49. The summed E-state index contributed by atoms with van der Waals surface area (Å²) < 4.78 is 0. The first-order valence-corrected chi connectivity index (χ1v) is 1.22. The monoisotopic (exact) mass is 79.0 g/mol. The van der Waals surface area contributed by atoms with E-state index in [2.05, 4.69) is 4.99 Å². The van der Waals surface area contributed by atoms with Gasteiger partial charge in [0.15, 0.2) is 0 Å². The molecule has 0 rings (SSSR count). The molecule has 0 radical (unpaired) electrons. The van der Waals surface area contributed by atoms with Crippen molar-refractivity contribution in [1.29, 1.82) is 10.5 Å². The fourth-order valence-electron chi connectivity index (χ4n) is 0.0577. The smallest absolute Gasteiger partial charge is 0.191 e. The zero-order chi connectivity index (χ0) is 4.83. The molecule has 0 aliphatic rings. The van der Waals surface area contributed by atoms with Crippen LogP contribution in [0.5, 0.6) is 0 Å². The van der Waals surface area contributed by atoms with E-state index in [1.807, 2.05) is 0 Å². The van der Waals surface area contributed by atoms with E-state index < -0.39 is 0 Å². The first-order valence-electron chi connectivity index (χ1n) is 1.22. The van der Waals surface area contributed by atoms with Crippen molar-refractivity contribution in [3.63, 3.8) is 0 Å². The first-order chi connectivity index (χ1) is 2.91. The van der Waals surface area contributed by atoms with E-state index in [1.54, 1.807) is 6.07 Å². The van der Waals surface area contributed by atoms with Gasteiger partial charge in [-0.3, -0.25) is 0 Å². The summed E-state index contributed by atoms with van der Waals surface area (Å²) in [5.74, 6) is 0. The van der Waals surface area contributed by atoms with Crippen molar-refractivity contribution in [1.82, 2.24) is 0 Å². The molecule has 0 aliphatic heterocycles. The van der Waals surface area contributed by atoms with Crippen molar-refractivity contribution < 1.29 is 0 Å². The fourth-order valence-corrected chi connectivity index (χ4v) is 0.0577. The van der Waals surface area contributed by atoms with Crippen molar-refractivity contribution in [3.05, 3.63) is 0 Å². The molecule has 0 unspecified atom stereocenters. The van der Waals surface area contributed by atoms with Crippen LogP contribution in [0.4, 0.5) is 0 Å². The summed E-state index contributed by atoms with van der Waals surface area (Å²) >= 11 is 0. The van der Waals surface area contributed by atoms with Gasteiger partial charge in [-0.05, 0) is 0 Å². The third-order valence-electron chi connectivity index (χ3n) is 0.180. The van der Waals surface area contributed by atoms with E-state index in [1.165, 1.54) is 6.19 Å². The average Bonchev–Trinajstić information content (AvgIpc) is 1.61. The van der Waals surface area contributed by atoms with Crippen LogP contribution in [0.15, 0.2) is 4.99 Å². The minimum atomic E-state index is 0.875. The molecular weight excluding hydrogens is 78.1 g/mol. The lowest BCUT2D eigenvalue weighted by molar-refractivity contribution is 1.45. The van der Waals surface area contributed by atoms with E-state index >= 15 is 0 Å². The Morgan fingerprint density at radius 1 is 1.50 bits per heavy atom. The lowest BCUT2D eigenvalue weighted by atomic mass is 10.8. The van der Waals surface area contributed by atoms with Gasteiger partial charge in [-0.15, -0.1) is 0 Å². The molecule has 0 aliphatic carbocycles. The molecule has 0 saturated carbocycles. The standard InChI is InChI=1S/C3HN3/c4-1-2-6-3-5/h2H. The minimum absolute atomic E-state index is 0.875. The molecule has 0 aromatic heterocycles. The second-order valence-electron chi connectivity index (χ2n) is 0.487. The van der Waals surface area contributed by atoms with Gasteiger partial charge in [-0.2, -0.15) is 15.5 Å². The quantitative estimate of drug-likeness (QED) is 0.304. The highest BCUT2D eigenvalue weighted by molar-refractivity contribution is 5.75. The average molecular weight is 79.1 g/mol. The maximum absolute atomic E-state index is 7.65. The van der Waals surface area contributed by atoms with Gasteiger partial charge in [-0.25, -0.2) is 0 Å². The lowest BCUT2D eigenvalue weighted by Crippen LogP contribution is -1.54. The molecule has 0 aromatic carbocycles. The van der Waals surface area contributed by atoms with Gasteiger partial charge in [0.25, 0.3) is 0 Å². The second kappa shape index (κ2) is 3.65. The Kier molecular flexibility index (Phi) is 2.83. The van der Waals surface area contributed by atoms with Crippen LogP contribution in [-0.4, -0.2) is 6.21 Å². The van der Waals surface area contributed by atoms with Crippen LogP contribution in [0.2, 0.25) is 0 Å². The largest absolute Gasteiger partial charge is 0.206 e. The molecule has 0 N–H and O–H groups in total. The predicted octanol–water partition coefficient (Wildman–Crippen LogP) is 0.0619. The fraction of sp³-hybridized carbons (Fsp3) is 0. The van der Waals surface area contributed by atoms with Gasteiger partial charge < -0.3 is 0 Å². The van der Waals surface area contributed by atoms with Crippen molar-refractivity contribution in [2.75, 3.05) is 0 Å². The van der Waals surface area contributed by atoms with E-state index in [-0.39, 0.29) is 0 Å². The summed E-state index contributed by atoms with van der Waals surface area (Å²) in [6.45, 7) is 0. The van der Waals surface area contributed by atoms with Crippen LogP contribution in [0.1, 0.15) is 0 Å². The van der Waals surface area contributed by atoms with Gasteiger partial charge in [0.05, 0.1) is 0 Å². The molecule has 0 heterocycles. The zero-order valence-corrected chi connectivity index (χ0v) is 2.92. The van der Waals surface area contributed by atoms with Crippen molar-refractivity contribution in [3.8, 4) is 12.3 Å². The molecule has 0 fully saturated rings. The molecule has 3 nitrogen and oxygen atoms in total. The maximum Gasteiger partial charge on any atom is 0.206 e. The van der Waals surface area contributed by atoms with Crippen LogP contribution in [-0.2, 0) is 0 Å². The molecule has 0 saturated heterocycles. The summed E-state index contributed by atoms with van der Waals surface area (Å²) in [4.78, 5) is 2.91.